The van der Waals surface area contributed by atoms with Gasteiger partial charge in [0.15, 0.2) is 5.58 Å². The van der Waals surface area contributed by atoms with Gasteiger partial charge in [-0.25, -0.2) is 4.98 Å². The maximum atomic E-state index is 5.88. The molecule has 0 aliphatic carbocycles. The third-order valence-corrected chi connectivity index (χ3v) is 4.55. The lowest BCUT2D eigenvalue weighted by Gasteiger charge is -2.21. The largest absolute Gasteiger partial charge is 0.439 e. The van der Waals surface area contributed by atoms with Crippen molar-refractivity contribution >= 4 is 28.5 Å². The molecule has 0 amide bonds. The molecule has 1 fully saturated rings. The van der Waals surface area contributed by atoms with Gasteiger partial charge in [0.25, 0.3) is 0 Å². The van der Waals surface area contributed by atoms with Crippen LogP contribution in [0.2, 0.25) is 0 Å². The lowest BCUT2D eigenvalue weighted by atomic mass is 10.2. The number of nitrogens with zero attached hydrogens (tertiary/aromatic N) is 2. The Morgan fingerprint density at radius 2 is 2.44 bits per heavy atom. The van der Waals surface area contributed by atoms with E-state index in [4.69, 9.17) is 10.2 Å². The predicted octanol–water partition coefficient (Wildman–Crippen LogP) is 2.35. The van der Waals surface area contributed by atoms with Crippen LogP contribution in [0.15, 0.2) is 22.6 Å². The minimum Gasteiger partial charge on any atom is -0.439 e. The van der Waals surface area contributed by atoms with Crippen LogP contribution in [0.5, 0.6) is 0 Å². The van der Waals surface area contributed by atoms with E-state index >= 15 is 0 Å². The fourth-order valence-electron chi connectivity index (χ4n) is 2.30. The molecular weight excluding hydrogens is 246 g/mol. The van der Waals surface area contributed by atoms with Gasteiger partial charge in [-0.15, -0.1) is 0 Å². The van der Waals surface area contributed by atoms with Crippen LogP contribution in [-0.2, 0) is 6.54 Å². The highest BCUT2D eigenvalue weighted by Crippen LogP contribution is 2.25. The Balaban J connectivity index is 1.80. The molecule has 0 saturated carbocycles. The van der Waals surface area contributed by atoms with Gasteiger partial charge in [-0.2, -0.15) is 11.8 Å². The molecule has 0 radical (unpaired) electrons. The van der Waals surface area contributed by atoms with Crippen molar-refractivity contribution in [3.63, 3.8) is 0 Å². The molecule has 2 aromatic rings. The van der Waals surface area contributed by atoms with E-state index in [0.29, 0.717) is 11.7 Å². The van der Waals surface area contributed by atoms with Crippen LogP contribution in [0.3, 0.4) is 0 Å². The van der Waals surface area contributed by atoms with Crippen LogP contribution in [0.1, 0.15) is 12.3 Å². The molecule has 0 spiro atoms. The fourth-order valence-corrected chi connectivity index (χ4v) is 3.59. The normalized spacial score (nSPS) is 20.0. The quantitative estimate of drug-likeness (QED) is 0.861. The SMILES string of the molecule is CN(Cc1nc2c(N)cccc2o1)C1CCSC1. The van der Waals surface area contributed by atoms with Crippen LogP contribution >= 0.6 is 11.8 Å². The Bertz CT molecular complexity index is 548. The summed E-state index contributed by atoms with van der Waals surface area (Å²) in [5.74, 6) is 3.22. The lowest BCUT2D eigenvalue weighted by Crippen LogP contribution is -2.30. The smallest absolute Gasteiger partial charge is 0.209 e. The summed E-state index contributed by atoms with van der Waals surface area (Å²) < 4.78 is 5.74. The topological polar surface area (TPSA) is 55.3 Å². The van der Waals surface area contributed by atoms with E-state index in [-0.39, 0.29) is 0 Å². The number of hydrogen-bond donors (Lipinski definition) is 1. The highest BCUT2D eigenvalue weighted by atomic mass is 32.2. The highest BCUT2D eigenvalue weighted by molar-refractivity contribution is 7.99. The average Bonchev–Trinajstić information content (AvgIpc) is 2.97. The number of anilines is 1. The summed E-state index contributed by atoms with van der Waals surface area (Å²) >= 11 is 2.02. The molecule has 1 aliphatic rings. The molecule has 5 heteroatoms. The van der Waals surface area contributed by atoms with E-state index in [1.54, 1.807) is 0 Å². The van der Waals surface area contributed by atoms with Crippen molar-refractivity contribution < 1.29 is 4.42 Å². The second-order valence-electron chi connectivity index (χ2n) is 4.73. The van der Waals surface area contributed by atoms with Crippen LogP contribution < -0.4 is 5.73 Å². The van der Waals surface area contributed by atoms with E-state index in [1.807, 2.05) is 30.0 Å². The number of hydrogen-bond acceptors (Lipinski definition) is 5. The van der Waals surface area contributed by atoms with Gasteiger partial charge in [0, 0.05) is 11.8 Å². The van der Waals surface area contributed by atoms with Crippen molar-refractivity contribution in [2.75, 3.05) is 24.3 Å². The molecule has 4 nitrogen and oxygen atoms in total. The van der Waals surface area contributed by atoms with Gasteiger partial charge in [0.05, 0.1) is 12.2 Å². The van der Waals surface area contributed by atoms with Crippen LogP contribution in [-0.4, -0.2) is 34.5 Å². The Morgan fingerprint density at radius 3 is 3.17 bits per heavy atom. The first-order valence-corrected chi connectivity index (χ1v) is 7.31. The van der Waals surface area contributed by atoms with Crippen LogP contribution in [0.4, 0.5) is 5.69 Å². The van der Waals surface area contributed by atoms with E-state index in [1.165, 1.54) is 17.9 Å². The average molecular weight is 263 g/mol. The number of rotatable bonds is 3. The van der Waals surface area contributed by atoms with E-state index in [2.05, 4.69) is 16.9 Å². The van der Waals surface area contributed by atoms with Gasteiger partial charge < -0.3 is 10.2 Å². The molecule has 0 bridgehead atoms. The Kier molecular flexibility index (Phi) is 3.18. The second kappa shape index (κ2) is 4.82. The maximum absolute atomic E-state index is 5.88. The maximum Gasteiger partial charge on any atom is 0.209 e. The molecule has 1 saturated heterocycles. The number of thioether (sulfide) groups is 1. The molecule has 1 aliphatic heterocycles. The number of nitrogen functional groups attached to an aromatic ring is 1. The zero-order chi connectivity index (χ0) is 12.5. The van der Waals surface area contributed by atoms with Crippen molar-refractivity contribution in [3.05, 3.63) is 24.1 Å². The third-order valence-electron chi connectivity index (χ3n) is 3.41. The number of benzene rings is 1. The second-order valence-corrected chi connectivity index (χ2v) is 5.88. The molecule has 96 valence electrons. The summed E-state index contributed by atoms with van der Waals surface area (Å²) in [6, 6.07) is 6.30. The summed E-state index contributed by atoms with van der Waals surface area (Å²) in [7, 11) is 2.13. The van der Waals surface area contributed by atoms with E-state index in [0.717, 1.165) is 23.5 Å². The van der Waals surface area contributed by atoms with Gasteiger partial charge in [-0.05, 0) is 31.4 Å². The van der Waals surface area contributed by atoms with Crippen molar-refractivity contribution in [2.24, 2.45) is 0 Å². The molecule has 1 atom stereocenters. The first kappa shape index (κ1) is 11.9. The van der Waals surface area contributed by atoms with Gasteiger partial charge in [0.1, 0.15) is 5.52 Å². The highest BCUT2D eigenvalue weighted by Gasteiger charge is 2.21. The molecule has 2 N–H and O–H groups in total. The van der Waals surface area contributed by atoms with Crippen molar-refractivity contribution in [3.8, 4) is 0 Å². The Labute approximate surface area is 111 Å². The number of para-hydroxylation sites is 1. The summed E-state index contributed by atoms with van der Waals surface area (Å²) in [6.45, 7) is 0.749. The van der Waals surface area contributed by atoms with Gasteiger partial charge in [-0.1, -0.05) is 6.07 Å². The van der Waals surface area contributed by atoms with Crippen LogP contribution in [0.25, 0.3) is 11.1 Å². The van der Waals surface area contributed by atoms with Crippen molar-refractivity contribution in [2.45, 2.75) is 19.0 Å². The number of aromatic nitrogens is 1. The van der Waals surface area contributed by atoms with E-state index in [9.17, 15) is 0 Å². The number of nitrogens with two attached hydrogens (primary N) is 1. The monoisotopic (exact) mass is 263 g/mol. The summed E-state index contributed by atoms with van der Waals surface area (Å²) in [6.07, 6.45) is 1.25. The minimum absolute atomic E-state index is 0.641. The molecular formula is C13H17N3OS. The molecule has 1 unspecified atom stereocenters. The minimum atomic E-state index is 0.641. The molecule has 2 heterocycles. The van der Waals surface area contributed by atoms with Crippen molar-refractivity contribution in [1.29, 1.82) is 0 Å². The summed E-state index contributed by atoms with van der Waals surface area (Å²) in [5.41, 5.74) is 8.12. The standard InChI is InChI=1S/C13H17N3OS/c1-16(9-5-6-18-8-9)7-12-15-13-10(14)3-2-4-11(13)17-12/h2-4,9H,5-8,14H2,1H3. The fraction of sp³-hybridized carbons (Fsp3) is 0.462. The zero-order valence-corrected chi connectivity index (χ0v) is 11.2. The summed E-state index contributed by atoms with van der Waals surface area (Å²) in [5, 5.41) is 0. The van der Waals surface area contributed by atoms with Crippen molar-refractivity contribution in [1.82, 2.24) is 9.88 Å². The lowest BCUT2D eigenvalue weighted by molar-refractivity contribution is 0.232. The van der Waals surface area contributed by atoms with Crippen LogP contribution in [0, 0.1) is 0 Å². The Hall–Kier alpha value is -1.20. The molecule has 18 heavy (non-hydrogen) atoms. The predicted molar refractivity (Wildman–Crippen MR) is 75.6 cm³/mol. The first-order chi connectivity index (χ1) is 8.74. The first-order valence-electron chi connectivity index (χ1n) is 6.16. The van der Waals surface area contributed by atoms with Gasteiger partial charge >= 0.3 is 0 Å². The van der Waals surface area contributed by atoms with E-state index < -0.39 is 0 Å². The number of oxazole rings is 1. The molecule has 3 rings (SSSR count). The van der Waals surface area contributed by atoms with Gasteiger partial charge in [0.2, 0.25) is 5.89 Å². The zero-order valence-electron chi connectivity index (χ0n) is 10.4. The summed E-state index contributed by atoms with van der Waals surface area (Å²) in [4.78, 5) is 6.80. The van der Waals surface area contributed by atoms with Gasteiger partial charge in [-0.3, -0.25) is 4.90 Å². The third kappa shape index (κ3) is 2.20. The Morgan fingerprint density at radius 1 is 1.56 bits per heavy atom. The molecule has 1 aromatic carbocycles. The number of fused-ring (bicyclic) bond motifs is 1. The molecule has 1 aromatic heterocycles.